The number of carbonyl (C=O) groups is 1. The summed E-state index contributed by atoms with van der Waals surface area (Å²) < 4.78 is 45.8. The molecule has 1 aliphatic heterocycles. The largest absolute Gasteiger partial charge is 0.503 e. The van der Waals surface area contributed by atoms with Crippen molar-refractivity contribution in [3.63, 3.8) is 0 Å². The number of nitriles is 1. The lowest BCUT2D eigenvalue weighted by Gasteiger charge is -2.22. The molecule has 28 heavy (non-hydrogen) atoms. The molecule has 2 aromatic carbocycles. The molecule has 1 heterocycles. The quantitative estimate of drug-likeness (QED) is 0.804. The molecule has 0 aromatic heterocycles. The predicted octanol–water partition coefficient (Wildman–Crippen LogP) is 4.10. The Morgan fingerprint density at radius 2 is 1.89 bits per heavy atom. The number of methoxy groups -OCH3 is 1. The third kappa shape index (κ3) is 3.39. The van der Waals surface area contributed by atoms with Gasteiger partial charge in [-0.15, -0.1) is 0 Å². The molecule has 0 atom stereocenters. The molecule has 0 spiro atoms. The van der Waals surface area contributed by atoms with Crippen molar-refractivity contribution in [2.75, 3.05) is 18.6 Å². The van der Waals surface area contributed by atoms with Gasteiger partial charge in [-0.2, -0.15) is 18.4 Å². The van der Waals surface area contributed by atoms with Crippen molar-refractivity contribution in [1.29, 1.82) is 5.26 Å². The van der Waals surface area contributed by atoms with E-state index in [2.05, 4.69) is 0 Å². The van der Waals surface area contributed by atoms with Gasteiger partial charge in [-0.05, 0) is 35.4 Å². The number of halogens is 3. The maximum absolute atomic E-state index is 13.6. The first-order chi connectivity index (χ1) is 13.3. The summed E-state index contributed by atoms with van der Waals surface area (Å²) in [7, 11) is 1.46. The Balaban J connectivity index is 2.24. The fourth-order valence-corrected chi connectivity index (χ4v) is 3.16. The fraction of sp³-hybridized carbons (Fsp3) is 0.200. The van der Waals surface area contributed by atoms with Gasteiger partial charge in [-0.3, -0.25) is 9.69 Å². The van der Waals surface area contributed by atoms with E-state index in [0.717, 1.165) is 11.0 Å². The number of hydrogen-bond donors (Lipinski definition) is 1. The summed E-state index contributed by atoms with van der Waals surface area (Å²) in [6.45, 7) is -0.493. The number of fused-ring (bicyclic) bond motifs is 1. The molecular weight excluding hydrogens is 373 g/mol. The van der Waals surface area contributed by atoms with Crippen molar-refractivity contribution in [2.45, 2.75) is 12.6 Å². The molecule has 2 aromatic rings. The van der Waals surface area contributed by atoms with Crippen LogP contribution in [0.3, 0.4) is 0 Å². The molecule has 8 heteroatoms. The second-order valence-corrected chi connectivity index (χ2v) is 6.08. The minimum atomic E-state index is -4.66. The molecule has 0 bridgehead atoms. The number of aliphatic hydroxyl groups is 1. The van der Waals surface area contributed by atoms with Gasteiger partial charge < -0.3 is 9.84 Å². The Hall–Kier alpha value is -3.47. The summed E-state index contributed by atoms with van der Waals surface area (Å²) in [6, 6.07) is 11.4. The van der Waals surface area contributed by atoms with Crippen LogP contribution >= 0.6 is 0 Å². The summed E-state index contributed by atoms with van der Waals surface area (Å²) in [6.07, 6.45) is -4.98. The number of carbonyl (C=O) groups excluding carboxylic acids is 1. The monoisotopic (exact) mass is 388 g/mol. The molecule has 1 aliphatic rings. The zero-order chi connectivity index (χ0) is 20.5. The van der Waals surface area contributed by atoms with Crippen LogP contribution < -0.4 is 9.64 Å². The number of ether oxygens (including phenoxy) is 1. The maximum atomic E-state index is 13.6. The van der Waals surface area contributed by atoms with E-state index < -0.39 is 30.0 Å². The molecule has 0 radical (unpaired) electrons. The average Bonchev–Trinajstić information content (AvgIpc) is 2.78. The molecule has 1 N–H and O–H groups in total. The number of amides is 1. The maximum Gasteiger partial charge on any atom is 0.416 e. The second-order valence-electron chi connectivity index (χ2n) is 6.08. The van der Waals surface area contributed by atoms with Crippen LogP contribution in [0.2, 0.25) is 0 Å². The highest BCUT2D eigenvalue weighted by Crippen LogP contribution is 2.41. The third-order valence-electron chi connectivity index (χ3n) is 4.50. The second kappa shape index (κ2) is 7.27. The molecule has 3 rings (SSSR count). The van der Waals surface area contributed by atoms with Crippen molar-refractivity contribution < 1.29 is 27.8 Å². The molecule has 0 unspecified atom stereocenters. The number of allylic oxidation sites excluding steroid dienone is 1. The van der Waals surface area contributed by atoms with Crippen LogP contribution in [-0.4, -0.2) is 24.7 Å². The Bertz CT molecular complexity index is 989. The van der Waals surface area contributed by atoms with E-state index >= 15 is 0 Å². The molecule has 144 valence electrons. The number of nitrogens with zero attached hydrogens (tertiary/aromatic N) is 2. The Morgan fingerprint density at radius 3 is 2.46 bits per heavy atom. The molecule has 5 nitrogen and oxygen atoms in total. The predicted molar refractivity (Wildman–Crippen MR) is 95.7 cm³/mol. The van der Waals surface area contributed by atoms with Crippen molar-refractivity contribution in [3.05, 3.63) is 64.9 Å². The first-order valence-electron chi connectivity index (χ1n) is 8.22. The third-order valence-corrected chi connectivity index (χ3v) is 4.50. The van der Waals surface area contributed by atoms with E-state index in [0.29, 0.717) is 11.3 Å². The van der Waals surface area contributed by atoms with Gasteiger partial charge in [0.1, 0.15) is 12.3 Å². The Kier molecular flexibility index (Phi) is 5.01. The van der Waals surface area contributed by atoms with Crippen LogP contribution in [0.15, 0.2) is 48.2 Å². The first-order valence-corrected chi connectivity index (χ1v) is 8.22. The van der Waals surface area contributed by atoms with Crippen LogP contribution in [-0.2, 0) is 17.4 Å². The Morgan fingerprint density at radius 1 is 1.21 bits per heavy atom. The van der Waals surface area contributed by atoms with Crippen LogP contribution in [0.5, 0.6) is 5.75 Å². The van der Waals surface area contributed by atoms with E-state index in [4.69, 9.17) is 10.00 Å². The Labute approximate surface area is 158 Å². The smallest absolute Gasteiger partial charge is 0.416 e. The van der Waals surface area contributed by atoms with Crippen LogP contribution in [0.4, 0.5) is 18.9 Å². The highest BCUT2D eigenvalue weighted by molar-refractivity contribution is 6.11. The number of anilines is 1. The van der Waals surface area contributed by atoms with E-state index in [1.807, 2.05) is 0 Å². The van der Waals surface area contributed by atoms with Gasteiger partial charge in [0.15, 0.2) is 5.76 Å². The highest BCUT2D eigenvalue weighted by Gasteiger charge is 2.38. The van der Waals surface area contributed by atoms with E-state index in [1.165, 1.54) is 19.2 Å². The summed E-state index contributed by atoms with van der Waals surface area (Å²) in [5, 5.41) is 19.6. The molecule has 0 saturated heterocycles. The minimum Gasteiger partial charge on any atom is -0.503 e. The van der Waals surface area contributed by atoms with Gasteiger partial charge in [0, 0.05) is 17.7 Å². The number of aliphatic hydroxyl groups excluding tert-OH is 1. The number of rotatable bonds is 3. The minimum absolute atomic E-state index is 0.0450. The lowest BCUT2D eigenvalue weighted by molar-refractivity contribution is -0.138. The van der Waals surface area contributed by atoms with E-state index in [9.17, 15) is 23.1 Å². The molecule has 0 aliphatic carbocycles. The summed E-state index contributed by atoms with van der Waals surface area (Å²) in [5.74, 6) is -1.10. The van der Waals surface area contributed by atoms with Gasteiger partial charge in [0.25, 0.3) is 5.91 Å². The molecular formula is C20H15F3N2O3. The van der Waals surface area contributed by atoms with Gasteiger partial charge in [-0.1, -0.05) is 18.2 Å². The van der Waals surface area contributed by atoms with Gasteiger partial charge in [0.2, 0.25) is 0 Å². The average molecular weight is 388 g/mol. The summed E-state index contributed by atoms with van der Waals surface area (Å²) in [4.78, 5) is 13.6. The summed E-state index contributed by atoms with van der Waals surface area (Å²) >= 11 is 0. The molecule has 1 amide bonds. The van der Waals surface area contributed by atoms with Gasteiger partial charge in [-0.25, -0.2) is 0 Å². The normalized spacial score (nSPS) is 14.4. The fourth-order valence-electron chi connectivity index (χ4n) is 3.16. The van der Waals surface area contributed by atoms with Crippen LogP contribution in [0.1, 0.15) is 16.7 Å². The van der Waals surface area contributed by atoms with Crippen molar-refractivity contribution in [3.8, 4) is 11.8 Å². The number of benzene rings is 2. The van der Waals surface area contributed by atoms with Crippen LogP contribution in [0, 0.1) is 11.3 Å². The highest BCUT2D eigenvalue weighted by atomic mass is 19.4. The lowest BCUT2D eigenvalue weighted by atomic mass is 9.93. The van der Waals surface area contributed by atoms with Crippen molar-refractivity contribution >= 4 is 17.2 Å². The first kappa shape index (κ1) is 19.3. The van der Waals surface area contributed by atoms with Crippen molar-refractivity contribution in [2.24, 2.45) is 0 Å². The molecule has 0 saturated carbocycles. The SMILES string of the molecule is COc1ccc(C2=C(O)C(=O)N(CC#N)c3cccc(C(F)(F)F)c3C2)cc1. The van der Waals surface area contributed by atoms with Gasteiger partial charge in [0.05, 0.1) is 18.7 Å². The topological polar surface area (TPSA) is 73.6 Å². The summed E-state index contributed by atoms with van der Waals surface area (Å²) in [5.41, 5.74) is -0.703. The van der Waals surface area contributed by atoms with E-state index in [1.54, 1.807) is 30.3 Å². The lowest BCUT2D eigenvalue weighted by Crippen LogP contribution is -2.32. The van der Waals surface area contributed by atoms with Gasteiger partial charge >= 0.3 is 6.18 Å². The van der Waals surface area contributed by atoms with Crippen LogP contribution in [0.25, 0.3) is 5.57 Å². The standard InChI is InChI=1S/C20H15F3N2O3/c1-28-13-7-5-12(6-8-13)14-11-15-16(20(21,22)23)3-2-4-17(15)25(10-9-24)19(27)18(14)26/h2-8,26H,10-11H2,1H3. The molecule has 0 fully saturated rings. The zero-order valence-corrected chi connectivity index (χ0v) is 14.7. The zero-order valence-electron chi connectivity index (χ0n) is 14.7. The number of hydrogen-bond acceptors (Lipinski definition) is 4. The number of alkyl halides is 3. The van der Waals surface area contributed by atoms with Crippen molar-refractivity contribution in [1.82, 2.24) is 0 Å². The van der Waals surface area contributed by atoms with E-state index in [-0.39, 0.29) is 23.2 Å².